The number of hydrogen-bond acceptors (Lipinski definition) is 3. The van der Waals surface area contributed by atoms with E-state index >= 15 is 0 Å². The van der Waals surface area contributed by atoms with Crippen molar-refractivity contribution < 1.29 is 14.3 Å². The lowest BCUT2D eigenvalue weighted by molar-refractivity contribution is 0.112. The van der Waals surface area contributed by atoms with Gasteiger partial charge in [0.2, 0.25) is 0 Å². The maximum Gasteiger partial charge on any atom is 0.153 e. The molecule has 0 bridgehead atoms. The first-order valence-electron chi connectivity index (χ1n) is 3.40. The van der Waals surface area contributed by atoms with Gasteiger partial charge in [-0.15, -0.1) is 0 Å². The summed E-state index contributed by atoms with van der Waals surface area (Å²) in [5.74, 6) is 0.482. The van der Waals surface area contributed by atoms with Gasteiger partial charge in [0.25, 0.3) is 0 Å². The van der Waals surface area contributed by atoms with Crippen molar-refractivity contribution >= 4 is 12.6 Å². The number of hydrogen-bond donors (Lipinski definition) is 0. The van der Waals surface area contributed by atoms with Gasteiger partial charge in [-0.1, -0.05) is 0 Å². The van der Waals surface area contributed by atoms with Crippen LogP contribution in [-0.4, -0.2) is 19.7 Å². The number of methoxy groups -OCH3 is 1. The molecule has 0 atom stereocenters. The van der Waals surface area contributed by atoms with Crippen LogP contribution < -0.4 is 4.74 Å². The van der Waals surface area contributed by atoms with Crippen molar-refractivity contribution in [2.24, 2.45) is 0 Å². The smallest absolute Gasteiger partial charge is 0.153 e. The Labute approximate surface area is 70.0 Å². The first-order valence-corrected chi connectivity index (χ1v) is 3.40. The van der Waals surface area contributed by atoms with Crippen molar-refractivity contribution in [1.82, 2.24) is 0 Å². The first kappa shape index (κ1) is 8.46. The number of carbonyl (C=O) groups excluding carboxylic acids is 2. The lowest BCUT2D eigenvalue weighted by Gasteiger charge is -2.02. The van der Waals surface area contributed by atoms with Crippen LogP contribution in [-0.2, 0) is 0 Å². The molecule has 0 aliphatic heterocycles. The summed E-state index contributed by atoms with van der Waals surface area (Å²) in [5, 5.41) is 0. The summed E-state index contributed by atoms with van der Waals surface area (Å²) < 4.78 is 4.89. The van der Waals surface area contributed by atoms with Crippen molar-refractivity contribution in [3.05, 3.63) is 29.3 Å². The van der Waals surface area contributed by atoms with Crippen molar-refractivity contribution in [1.29, 1.82) is 0 Å². The normalized spacial score (nSPS) is 9.08. The summed E-state index contributed by atoms with van der Waals surface area (Å²) in [6.07, 6.45) is 1.35. The Morgan fingerprint density at radius 2 is 2.00 bits per heavy atom. The van der Waals surface area contributed by atoms with Gasteiger partial charge in [0.15, 0.2) is 6.29 Å². The van der Waals surface area contributed by atoms with Gasteiger partial charge in [-0.25, -0.2) is 0 Å². The number of benzene rings is 1. The highest BCUT2D eigenvalue weighted by Crippen LogP contribution is 2.16. The van der Waals surface area contributed by atoms with Gasteiger partial charge in [0, 0.05) is 5.56 Å². The maximum atomic E-state index is 10.5. The van der Waals surface area contributed by atoms with Crippen LogP contribution in [0.25, 0.3) is 0 Å². The summed E-state index contributed by atoms with van der Waals surface area (Å²) >= 11 is 0. The third-order valence-corrected chi connectivity index (χ3v) is 1.52. The van der Waals surface area contributed by atoms with Crippen LogP contribution in [0.5, 0.6) is 5.75 Å². The second-order valence-electron chi connectivity index (χ2n) is 2.24. The molecule has 0 aromatic heterocycles. The van der Waals surface area contributed by atoms with E-state index in [1.807, 2.05) is 0 Å². The second kappa shape index (κ2) is 3.67. The van der Waals surface area contributed by atoms with E-state index in [1.54, 1.807) is 12.1 Å². The fourth-order valence-electron chi connectivity index (χ4n) is 0.918. The minimum absolute atomic E-state index is 0.391. The Morgan fingerprint density at radius 3 is 2.50 bits per heavy atom. The average molecular weight is 164 g/mol. The second-order valence-corrected chi connectivity index (χ2v) is 2.24. The van der Waals surface area contributed by atoms with E-state index in [0.29, 0.717) is 29.4 Å². The molecule has 62 valence electrons. The van der Waals surface area contributed by atoms with E-state index in [4.69, 9.17) is 4.74 Å². The molecule has 0 radical (unpaired) electrons. The number of carbonyl (C=O) groups is 2. The molecule has 0 N–H and O–H groups in total. The molecule has 0 aliphatic carbocycles. The molecule has 3 nitrogen and oxygen atoms in total. The fraction of sp³-hybridized carbons (Fsp3) is 0.111. The molecule has 0 amide bonds. The maximum absolute atomic E-state index is 10.5. The Kier molecular flexibility index (Phi) is 2.58. The summed E-state index contributed by atoms with van der Waals surface area (Å²) in [5.41, 5.74) is 0.861. The van der Waals surface area contributed by atoms with Gasteiger partial charge in [0.1, 0.15) is 12.0 Å². The summed E-state index contributed by atoms with van der Waals surface area (Å²) in [6, 6.07) is 4.67. The highest BCUT2D eigenvalue weighted by atomic mass is 16.5. The molecule has 1 aromatic carbocycles. The predicted molar refractivity (Wildman–Crippen MR) is 43.8 cm³/mol. The third-order valence-electron chi connectivity index (χ3n) is 1.52. The summed E-state index contributed by atoms with van der Waals surface area (Å²) in [7, 11) is 1.48. The third kappa shape index (κ3) is 1.50. The van der Waals surface area contributed by atoms with Crippen LogP contribution in [0.4, 0.5) is 0 Å². The van der Waals surface area contributed by atoms with Gasteiger partial charge in [0.05, 0.1) is 12.7 Å². The molecule has 0 saturated heterocycles. The van der Waals surface area contributed by atoms with Gasteiger partial charge in [-0.2, -0.15) is 0 Å². The number of ether oxygens (including phenoxy) is 1. The fourth-order valence-corrected chi connectivity index (χ4v) is 0.918. The van der Waals surface area contributed by atoms with Crippen molar-refractivity contribution in [2.75, 3.05) is 7.11 Å². The van der Waals surface area contributed by atoms with E-state index in [9.17, 15) is 9.59 Å². The van der Waals surface area contributed by atoms with Crippen molar-refractivity contribution in [2.45, 2.75) is 0 Å². The Hall–Kier alpha value is -1.64. The first-order chi connectivity index (χ1) is 5.81. The van der Waals surface area contributed by atoms with Crippen molar-refractivity contribution in [3.8, 4) is 5.75 Å². The van der Waals surface area contributed by atoms with Crippen LogP contribution in [0.3, 0.4) is 0 Å². The molecular weight excluding hydrogens is 156 g/mol. The zero-order valence-electron chi connectivity index (χ0n) is 6.61. The molecule has 1 rings (SSSR count). The molecule has 0 unspecified atom stereocenters. The number of aldehydes is 2. The van der Waals surface area contributed by atoms with Gasteiger partial charge >= 0.3 is 0 Å². The van der Waals surface area contributed by atoms with E-state index in [-0.39, 0.29) is 0 Å². The van der Waals surface area contributed by atoms with Crippen LogP contribution in [0.2, 0.25) is 0 Å². The zero-order valence-corrected chi connectivity index (χ0v) is 6.61. The summed E-state index contributed by atoms with van der Waals surface area (Å²) in [6.45, 7) is 0. The van der Waals surface area contributed by atoms with Crippen LogP contribution >= 0.6 is 0 Å². The quantitative estimate of drug-likeness (QED) is 0.633. The van der Waals surface area contributed by atoms with Crippen LogP contribution in [0.15, 0.2) is 18.2 Å². The predicted octanol–water partition coefficient (Wildman–Crippen LogP) is 1.32. The minimum Gasteiger partial charge on any atom is -0.496 e. The topological polar surface area (TPSA) is 43.4 Å². The minimum atomic E-state index is 0.391. The number of rotatable bonds is 3. The molecular formula is C9H8O3. The average Bonchev–Trinajstić information content (AvgIpc) is 2.16. The lowest BCUT2D eigenvalue weighted by atomic mass is 10.1. The lowest BCUT2D eigenvalue weighted by Crippen LogP contribution is -1.91. The van der Waals surface area contributed by atoms with E-state index in [2.05, 4.69) is 0 Å². The molecule has 12 heavy (non-hydrogen) atoms. The standard InChI is InChI=1S/C9H8O3/c1-12-9-3-2-7(5-10)4-8(9)6-11/h2-6H,1H3. The molecule has 0 aliphatic rings. The van der Waals surface area contributed by atoms with Crippen molar-refractivity contribution in [3.63, 3.8) is 0 Å². The largest absolute Gasteiger partial charge is 0.496 e. The Morgan fingerprint density at radius 1 is 1.25 bits per heavy atom. The van der Waals surface area contributed by atoms with Gasteiger partial charge in [-0.05, 0) is 18.2 Å². The molecule has 0 saturated carbocycles. The molecule has 0 heterocycles. The highest BCUT2D eigenvalue weighted by molar-refractivity contribution is 5.84. The Bertz CT molecular complexity index is 305. The molecule has 3 heteroatoms. The summed E-state index contributed by atoms with van der Waals surface area (Å²) in [4.78, 5) is 20.8. The van der Waals surface area contributed by atoms with Gasteiger partial charge in [-0.3, -0.25) is 9.59 Å². The molecule has 1 aromatic rings. The van der Waals surface area contributed by atoms with Crippen LogP contribution in [0, 0.1) is 0 Å². The van der Waals surface area contributed by atoms with Crippen LogP contribution in [0.1, 0.15) is 20.7 Å². The monoisotopic (exact) mass is 164 g/mol. The van der Waals surface area contributed by atoms with E-state index < -0.39 is 0 Å². The molecule has 0 spiro atoms. The molecule has 0 fully saturated rings. The van der Waals surface area contributed by atoms with E-state index in [1.165, 1.54) is 13.2 Å². The highest BCUT2D eigenvalue weighted by Gasteiger charge is 2.01. The SMILES string of the molecule is COc1ccc(C=O)cc1C=O. The Balaban J connectivity index is 3.18. The van der Waals surface area contributed by atoms with Gasteiger partial charge < -0.3 is 4.74 Å². The van der Waals surface area contributed by atoms with E-state index in [0.717, 1.165) is 0 Å². The zero-order chi connectivity index (χ0) is 8.97.